The molecule has 5 nitrogen and oxygen atoms in total. The van der Waals surface area contributed by atoms with Gasteiger partial charge in [0.2, 0.25) is 0 Å². The van der Waals surface area contributed by atoms with Crippen LogP contribution in [0.3, 0.4) is 0 Å². The summed E-state index contributed by atoms with van der Waals surface area (Å²) in [5, 5.41) is 0. The van der Waals surface area contributed by atoms with Crippen LogP contribution in [0.25, 0.3) is 0 Å². The van der Waals surface area contributed by atoms with Crippen LogP contribution in [0.1, 0.15) is 19.8 Å². The molecule has 1 heterocycles. The van der Waals surface area contributed by atoms with Crippen molar-refractivity contribution in [2.75, 3.05) is 6.61 Å². The highest BCUT2D eigenvalue weighted by Crippen LogP contribution is 2.03. The second-order valence-electron chi connectivity index (χ2n) is 2.54. The van der Waals surface area contributed by atoms with E-state index in [1.165, 1.54) is 0 Å². The molecule has 1 fully saturated rings. The van der Waals surface area contributed by atoms with Gasteiger partial charge in [0, 0.05) is 0 Å². The number of rotatable bonds is 0. The Labute approximate surface area is 69.5 Å². The van der Waals surface area contributed by atoms with E-state index in [-0.39, 0.29) is 25.6 Å². The third-order valence-electron chi connectivity index (χ3n) is 1.32. The third-order valence-corrected chi connectivity index (χ3v) is 1.32. The van der Waals surface area contributed by atoms with Crippen LogP contribution >= 0.6 is 0 Å². The zero-order valence-corrected chi connectivity index (χ0v) is 6.74. The highest BCUT2D eigenvalue weighted by Gasteiger charge is 2.16. The van der Waals surface area contributed by atoms with Gasteiger partial charge in [-0.1, -0.05) is 0 Å². The molecule has 1 unspecified atom stereocenters. The molecule has 1 aliphatic heterocycles. The Bertz CT molecular complexity index is 188. The zero-order chi connectivity index (χ0) is 8.97. The first-order valence-corrected chi connectivity index (χ1v) is 3.70. The van der Waals surface area contributed by atoms with Crippen molar-refractivity contribution < 1.29 is 24.1 Å². The minimum absolute atomic E-state index is 0.00551. The molecule has 0 bridgehead atoms. The van der Waals surface area contributed by atoms with E-state index >= 15 is 0 Å². The average molecular weight is 174 g/mol. The molecular formula is C7H10O5. The maximum atomic E-state index is 10.9. The lowest BCUT2D eigenvalue weighted by molar-refractivity contribution is -0.279. The summed E-state index contributed by atoms with van der Waals surface area (Å²) in [7, 11) is 0. The lowest BCUT2D eigenvalue weighted by Crippen LogP contribution is -2.18. The van der Waals surface area contributed by atoms with Crippen LogP contribution in [0, 0.1) is 0 Å². The second-order valence-corrected chi connectivity index (χ2v) is 2.54. The Morgan fingerprint density at radius 1 is 1.25 bits per heavy atom. The number of carbonyl (C=O) groups is 2. The number of ether oxygens (including phenoxy) is 1. The Morgan fingerprint density at radius 3 is 2.67 bits per heavy atom. The molecular weight excluding hydrogens is 164 g/mol. The summed E-state index contributed by atoms with van der Waals surface area (Å²) < 4.78 is 4.82. The number of esters is 1. The Kier molecular flexibility index (Phi) is 3.04. The molecule has 0 aromatic carbocycles. The minimum atomic E-state index is -0.541. The van der Waals surface area contributed by atoms with Gasteiger partial charge in [-0.25, -0.2) is 4.79 Å². The molecule has 0 N–H and O–H groups in total. The summed E-state index contributed by atoms with van der Waals surface area (Å²) >= 11 is 0. The van der Waals surface area contributed by atoms with Gasteiger partial charge in [-0.2, -0.15) is 4.89 Å². The lowest BCUT2D eigenvalue weighted by Gasteiger charge is -2.08. The van der Waals surface area contributed by atoms with Crippen LogP contribution in [-0.4, -0.2) is 24.6 Å². The third kappa shape index (κ3) is 2.87. The van der Waals surface area contributed by atoms with Crippen molar-refractivity contribution in [2.24, 2.45) is 0 Å². The number of hydrogen-bond donors (Lipinski definition) is 0. The van der Waals surface area contributed by atoms with Crippen molar-refractivity contribution >= 4 is 11.9 Å². The standard InChI is InChI=1S/C7H10O5/c1-5-4-10-12-7(9)3-2-6(8)11-5/h5H,2-4H2,1H3. The predicted octanol–water partition coefficient (Wildman–Crippen LogP) is 0.187. The van der Waals surface area contributed by atoms with Gasteiger partial charge >= 0.3 is 11.9 Å². The van der Waals surface area contributed by atoms with Crippen LogP contribution in [-0.2, 0) is 24.1 Å². The summed E-state index contributed by atoms with van der Waals surface area (Å²) in [6.45, 7) is 1.74. The Balaban J connectivity index is 2.46. The number of cyclic esters (lactones) is 1. The molecule has 12 heavy (non-hydrogen) atoms. The van der Waals surface area contributed by atoms with E-state index in [4.69, 9.17) is 4.74 Å². The summed E-state index contributed by atoms with van der Waals surface area (Å²) in [6.07, 6.45) is -0.318. The predicted molar refractivity (Wildman–Crippen MR) is 36.8 cm³/mol. The number of hydrogen-bond acceptors (Lipinski definition) is 5. The molecule has 0 aromatic heterocycles. The van der Waals surface area contributed by atoms with Crippen molar-refractivity contribution in [3.05, 3.63) is 0 Å². The molecule has 0 aliphatic carbocycles. The van der Waals surface area contributed by atoms with Gasteiger partial charge in [0.1, 0.15) is 12.7 Å². The van der Waals surface area contributed by atoms with Crippen molar-refractivity contribution in [1.29, 1.82) is 0 Å². The lowest BCUT2D eigenvalue weighted by atomic mass is 10.3. The molecule has 0 amide bonds. The van der Waals surface area contributed by atoms with Gasteiger partial charge in [-0.15, -0.1) is 0 Å². The first kappa shape index (κ1) is 8.99. The topological polar surface area (TPSA) is 61.8 Å². The maximum Gasteiger partial charge on any atom is 0.342 e. The molecule has 0 spiro atoms. The van der Waals surface area contributed by atoms with Crippen LogP contribution in [0.15, 0.2) is 0 Å². The van der Waals surface area contributed by atoms with Gasteiger partial charge in [0.25, 0.3) is 0 Å². The SMILES string of the molecule is CC1COOC(=O)CCC(=O)O1. The number of carbonyl (C=O) groups excluding carboxylic acids is 2. The molecule has 0 aromatic rings. The van der Waals surface area contributed by atoms with Crippen molar-refractivity contribution in [3.8, 4) is 0 Å². The molecule has 1 saturated heterocycles. The van der Waals surface area contributed by atoms with E-state index in [0.29, 0.717) is 0 Å². The van der Waals surface area contributed by atoms with Crippen molar-refractivity contribution in [2.45, 2.75) is 25.9 Å². The fourth-order valence-corrected chi connectivity index (χ4v) is 0.759. The zero-order valence-electron chi connectivity index (χ0n) is 6.74. The molecule has 68 valence electrons. The first-order chi connectivity index (χ1) is 5.68. The van der Waals surface area contributed by atoms with E-state index in [9.17, 15) is 9.59 Å². The fourth-order valence-electron chi connectivity index (χ4n) is 0.759. The average Bonchev–Trinajstić information content (AvgIpc) is 2.05. The summed E-state index contributed by atoms with van der Waals surface area (Å²) in [6, 6.07) is 0. The molecule has 5 heteroatoms. The fraction of sp³-hybridized carbons (Fsp3) is 0.714. The van der Waals surface area contributed by atoms with Crippen LogP contribution in [0.5, 0.6) is 0 Å². The van der Waals surface area contributed by atoms with Gasteiger partial charge in [0.05, 0.1) is 12.8 Å². The Hall–Kier alpha value is -1.10. The van der Waals surface area contributed by atoms with E-state index in [1.807, 2.05) is 0 Å². The normalized spacial score (nSPS) is 26.2. The Morgan fingerprint density at radius 2 is 1.92 bits per heavy atom. The minimum Gasteiger partial charge on any atom is -0.460 e. The largest absolute Gasteiger partial charge is 0.460 e. The molecule has 1 atom stereocenters. The second kappa shape index (κ2) is 4.06. The van der Waals surface area contributed by atoms with Crippen LogP contribution in [0.4, 0.5) is 0 Å². The quantitative estimate of drug-likeness (QED) is 0.387. The van der Waals surface area contributed by atoms with Gasteiger partial charge in [0.15, 0.2) is 0 Å². The van der Waals surface area contributed by atoms with Gasteiger partial charge in [-0.3, -0.25) is 9.68 Å². The molecule has 1 aliphatic rings. The first-order valence-electron chi connectivity index (χ1n) is 3.70. The van der Waals surface area contributed by atoms with E-state index < -0.39 is 11.9 Å². The summed E-state index contributed by atoms with van der Waals surface area (Å²) in [5.41, 5.74) is 0. The van der Waals surface area contributed by atoms with Crippen molar-refractivity contribution in [1.82, 2.24) is 0 Å². The highest BCUT2D eigenvalue weighted by molar-refractivity contribution is 5.77. The van der Waals surface area contributed by atoms with E-state index in [1.54, 1.807) is 6.92 Å². The summed E-state index contributed by atoms with van der Waals surface area (Å²) in [5.74, 6) is -0.939. The van der Waals surface area contributed by atoms with Crippen molar-refractivity contribution in [3.63, 3.8) is 0 Å². The van der Waals surface area contributed by atoms with E-state index in [0.717, 1.165) is 0 Å². The monoisotopic (exact) mass is 174 g/mol. The molecule has 0 saturated carbocycles. The van der Waals surface area contributed by atoms with Crippen LogP contribution < -0.4 is 0 Å². The van der Waals surface area contributed by atoms with E-state index in [2.05, 4.69) is 9.78 Å². The van der Waals surface area contributed by atoms with Crippen LogP contribution in [0.2, 0.25) is 0 Å². The summed E-state index contributed by atoms with van der Waals surface area (Å²) in [4.78, 5) is 30.4. The van der Waals surface area contributed by atoms with Gasteiger partial charge in [-0.05, 0) is 6.92 Å². The smallest absolute Gasteiger partial charge is 0.342 e. The molecule has 1 rings (SSSR count). The maximum absolute atomic E-state index is 10.9. The molecule has 0 radical (unpaired) electrons. The highest BCUT2D eigenvalue weighted by atomic mass is 17.2. The van der Waals surface area contributed by atoms with Gasteiger partial charge < -0.3 is 4.74 Å².